The van der Waals surface area contributed by atoms with Crippen molar-refractivity contribution in [1.82, 2.24) is 14.5 Å². The predicted molar refractivity (Wildman–Crippen MR) is 146 cm³/mol. The number of quaternary nitrogens is 1. The standard InChI is InChI=1S/C28H37N5O3S/c29-26(36)28(32-14-5-2-6-15-32)12-17-31(18-13-28)24(34)21-9-10-22-23(19-21)30-27(37)33(25(22)35)16-11-20-7-3-1-4-8-20/h7,9-10,19H,1-6,8,11-18H2,(H2,29,36)(H,30,37)/p+1. The number of rotatable bonds is 6. The molecule has 3 heterocycles. The molecule has 3 aliphatic rings. The SMILES string of the molecule is NC(=O)C1([NH+]2CCCCC2)CCN(C(=O)c2ccc3c(=O)n(CCC4=CCCCC4)c(=S)[nH]c3c2)CC1. The van der Waals surface area contributed by atoms with Crippen LogP contribution in [0.2, 0.25) is 0 Å². The summed E-state index contributed by atoms with van der Waals surface area (Å²) in [4.78, 5) is 45.4. The average Bonchev–Trinajstić information content (AvgIpc) is 2.93. The van der Waals surface area contributed by atoms with Crippen LogP contribution in [0.25, 0.3) is 10.9 Å². The van der Waals surface area contributed by atoms with Gasteiger partial charge in [0.15, 0.2) is 10.3 Å². The molecule has 2 amide bonds. The van der Waals surface area contributed by atoms with E-state index in [1.807, 2.05) is 0 Å². The van der Waals surface area contributed by atoms with E-state index in [-0.39, 0.29) is 17.4 Å². The summed E-state index contributed by atoms with van der Waals surface area (Å²) < 4.78 is 2.01. The normalized spacial score (nSPS) is 20.5. The third-order valence-corrected chi connectivity index (χ3v) is 9.10. The van der Waals surface area contributed by atoms with Crippen molar-refractivity contribution in [2.45, 2.75) is 76.3 Å². The summed E-state index contributed by atoms with van der Waals surface area (Å²) in [6.45, 7) is 3.49. The van der Waals surface area contributed by atoms with E-state index in [0.717, 1.165) is 45.2 Å². The molecule has 0 saturated carbocycles. The molecule has 4 N–H and O–H groups in total. The quantitative estimate of drug-likeness (QED) is 0.399. The molecule has 5 rings (SSSR count). The smallest absolute Gasteiger partial charge is 0.278 e. The highest BCUT2D eigenvalue weighted by atomic mass is 32.1. The number of carbonyl (C=O) groups is 2. The average molecular weight is 525 g/mol. The van der Waals surface area contributed by atoms with Gasteiger partial charge in [-0.3, -0.25) is 19.0 Å². The van der Waals surface area contributed by atoms with Crippen molar-refractivity contribution in [1.29, 1.82) is 0 Å². The van der Waals surface area contributed by atoms with E-state index < -0.39 is 5.54 Å². The lowest BCUT2D eigenvalue weighted by Crippen LogP contribution is -3.22. The second-order valence-corrected chi connectivity index (χ2v) is 11.3. The zero-order valence-corrected chi connectivity index (χ0v) is 22.3. The molecule has 0 atom stereocenters. The van der Waals surface area contributed by atoms with Gasteiger partial charge in [-0.15, -0.1) is 0 Å². The number of hydrogen-bond donors (Lipinski definition) is 3. The number of carbonyl (C=O) groups excluding carboxylic acids is 2. The Labute approximate surface area is 222 Å². The number of amides is 2. The first-order valence-electron chi connectivity index (χ1n) is 13.8. The number of H-pyrrole nitrogens is 1. The van der Waals surface area contributed by atoms with Crippen LogP contribution in [0.4, 0.5) is 0 Å². The number of benzene rings is 1. The highest BCUT2D eigenvalue weighted by Crippen LogP contribution is 2.24. The van der Waals surface area contributed by atoms with Crippen molar-refractivity contribution in [2.75, 3.05) is 26.2 Å². The number of nitrogens with two attached hydrogens (primary N) is 1. The molecule has 8 nitrogen and oxygen atoms in total. The minimum atomic E-state index is -0.579. The second-order valence-electron chi connectivity index (χ2n) is 10.9. The Bertz CT molecular complexity index is 1330. The molecular formula is C28H38N5O3S+. The fraction of sp³-hybridized carbons (Fsp3) is 0.571. The summed E-state index contributed by atoms with van der Waals surface area (Å²) >= 11 is 5.53. The molecular weight excluding hydrogens is 486 g/mol. The number of fused-ring (bicyclic) bond motifs is 1. The number of allylic oxidation sites excluding steroid dienone is 2. The first kappa shape index (κ1) is 25.9. The van der Waals surface area contributed by atoms with Crippen LogP contribution in [0.15, 0.2) is 34.6 Å². The Hall–Kier alpha value is -2.78. The van der Waals surface area contributed by atoms with Crippen molar-refractivity contribution >= 4 is 34.9 Å². The molecule has 37 heavy (non-hydrogen) atoms. The van der Waals surface area contributed by atoms with Crippen LogP contribution < -0.4 is 16.2 Å². The molecule has 2 fully saturated rings. The Morgan fingerprint density at radius 3 is 2.51 bits per heavy atom. The zero-order valence-electron chi connectivity index (χ0n) is 21.5. The number of piperidine rings is 2. The van der Waals surface area contributed by atoms with Crippen LogP contribution in [0.1, 0.15) is 74.6 Å². The van der Waals surface area contributed by atoms with E-state index in [0.29, 0.717) is 53.7 Å². The van der Waals surface area contributed by atoms with Crippen molar-refractivity contribution in [3.8, 4) is 0 Å². The number of nitrogens with one attached hydrogen (secondary N) is 2. The maximum Gasteiger partial charge on any atom is 0.278 e. The fourth-order valence-corrected chi connectivity index (χ4v) is 6.77. The van der Waals surface area contributed by atoms with E-state index in [1.165, 1.54) is 29.7 Å². The lowest BCUT2D eigenvalue weighted by Gasteiger charge is -2.45. The third-order valence-electron chi connectivity index (χ3n) is 8.78. The number of nitrogens with zero attached hydrogens (tertiary/aromatic N) is 2. The zero-order chi connectivity index (χ0) is 26.0. The van der Waals surface area contributed by atoms with Gasteiger partial charge in [-0.1, -0.05) is 11.6 Å². The molecule has 2 saturated heterocycles. The maximum atomic E-state index is 13.4. The highest BCUT2D eigenvalue weighted by molar-refractivity contribution is 7.71. The molecule has 2 aliphatic heterocycles. The number of aromatic nitrogens is 2. The third kappa shape index (κ3) is 5.16. The van der Waals surface area contributed by atoms with E-state index in [1.54, 1.807) is 27.7 Å². The van der Waals surface area contributed by atoms with Gasteiger partial charge in [-0.05, 0) is 81.8 Å². The Morgan fingerprint density at radius 1 is 1.08 bits per heavy atom. The van der Waals surface area contributed by atoms with Gasteiger partial charge in [0, 0.05) is 38.0 Å². The molecule has 0 unspecified atom stereocenters. The van der Waals surface area contributed by atoms with E-state index >= 15 is 0 Å². The molecule has 0 spiro atoms. The van der Waals surface area contributed by atoms with Crippen molar-refractivity contribution in [2.24, 2.45) is 5.73 Å². The number of primary amides is 1. The van der Waals surface area contributed by atoms with E-state index in [2.05, 4.69) is 11.1 Å². The topological polar surface area (TPSA) is 106 Å². The monoisotopic (exact) mass is 524 g/mol. The van der Waals surface area contributed by atoms with Gasteiger partial charge in [0.2, 0.25) is 0 Å². The maximum absolute atomic E-state index is 13.4. The molecule has 2 aromatic rings. The molecule has 9 heteroatoms. The minimum absolute atomic E-state index is 0.0960. The summed E-state index contributed by atoms with van der Waals surface area (Å²) in [7, 11) is 0. The molecule has 0 bridgehead atoms. The van der Waals surface area contributed by atoms with Gasteiger partial charge in [-0.25, -0.2) is 0 Å². The molecule has 198 valence electrons. The lowest BCUT2D eigenvalue weighted by molar-refractivity contribution is -0.948. The largest absolute Gasteiger partial charge is 0.364 e. The molecule has 1 aliphatic carbocycles. The van der Waals surface area contributed by atoms with E-state index in [4.69, 9.17) is 18.0 Å². The molecule has 0 radical (unpaired) electrons. The summed E-state index contributed by atoms with van der Waals surface area (Å²) in [5.74, 6) is -0.341. The van der Waals surface area contributed by atoms with Gasteiger partial charge in [0.05, 0.1) is 24.0 Å². The number of likely N-dealkylation sites (tertiary alicyclic amines) is 2. The van der Waals surface area contributed by atoms with Gasteiger partial charge in [-0.2, -0.15) is 0 Å². The van der Waals surface area contributed by atoms with E-state index in [9.17, 15) is 14.4 Å². The summed E-state index contributed by atoms with van der Waals surface area (Å²) in [5, 5.41) is 0.530. The summed E-state index contributed by atoms with van der Waals surface area (Å²) in [5.41, 5.74) is 7.71. The predicted octanol–water partition coefficient (Wildman–Crippen LogP) is 2.48. The Morgan fingerprint density at radius 2 is 1.84 bits per heavy atom. The van der Waals surface area contributed by atoms with Crippen molar-refractivity contribution < 1.29 is 14.5 Å². The Kier molecular flexibility index (Phi) is 7.62. The highest BCUT2D eigenvalue weighted by Gasteiger charge is 2.49. The van der Waals surface area contributed by atoms with Gasteiger partial charge >= 0.3 is 0 Å². The summed E-state index contributed by atoms with van der Waals surface area (Å²) in [6, 6.07) is 5.18. The Balaban J connectivity index is 1.31. The van der Waals surface area contributed by atoms with Gasteiger partial charge < -0.3 is 20.5 Å². The summed E-state index contributed by atoms with van der Waals surface area (Å²) in [6.07, 6.45) is 12.4. The van der Waals surface area contributed by atoms with Crippen LogP contribution in [-0.2, 0) is 11.3 Å². The van der Waals surface area contributed by atoms with Crippen molar-refractivity contribution in [3.05, 3.63) is 50.5 Å². The number of aromatic amines is 1. The fourth-order valence-electron chi connectivity index (χ4n) is 6.48. The molecule has 1 aromatic heterocycles. The first-order valence-corrected chi connectivity index (χ1v) is 14.2. The van der Waals surface area contributed by atoms with Crippen molar-refractivity contribution in [3.63, 3.8) is 0 Å². The first-order chi connectivity index (χ1) is 17.9. The van der Waals surface area contributed by atoms with Crippen LogP contribution in [-0.4, -0.2) is 58.0 Å². The van der Waals surface area contributed by atoms with Gasteiger partial charge in [0.1, 0.15) is 0 Å². The second kappa shape index (κ2) is 10.9. The number of hydrogen-bond acceptors (Lipinski definition) is 4. The van der Waals surface area contributed by atoms with Crippen LogP contribution in [0, 0.1) is 4.77 Å². The lowest BCUT2D eigenvalue weighted by atomic mass is 9.83. The molecule has 1 aromatic carbocycles. The van der Waals surface area contributed by atoms with Crippen LogP contribution >= 0.6 is 12.2 Å². The van der Waals surface area contributed by atoms with Crippen LogP contribution in [0.5, 0.6) is 0 Å². The van der Waals surface area contributed by atoms with Crippen LogP contribution in [0.3, 0.4) is 0 Å². The van der Waals surface area contributed by atoms with Gasteiger partial charge in [0.25, 0.3) is 17.4 Å². The minimum Gasteiger partial charge on any atom is -0.364 e.